The number of ether oxygens (including phenoxy) is 1. The van der Waals surface area contributed by atoms with Crippen LogP contribution in [-0.2, 0) is 11.2 Å². The highest BCUT2D eigenvalue weighted by Crippen LogP contribution is 2.22. The summed E-state index contributed by atoms with van der Waals surface area (Å²) in [6.45, 7) is 1.54. The van der Waals surface area contributed by atoms with Crippen LogP contribution in [0.15, 0.2) is 79.5 Å². The largest absolute Gasteiger partial charge is 0.483 e. The number of hydrogen-bond donors (Lipinski definition) is 1. The van der Waals surface area contributed by atoms with Crippen molar-refractivity contribution in [3.05, 3.63) is 97.2 Å². The van der Waals surface area contributed by atoms with Crippen molar-refractivity contribution in [2.45, 2.75) is 13.3 Å². The van der Waals surface area contributed by atoms with Crippen molar-refractivity contribution in [2.75, 3.05) is 11.9 Å². The van der Waals surface area contributed by atoms with Crippen molar-refractivity contribution in [3.8, 4) is 5.75 Å². The molecule has 4 rings (SSSR count). The molecule has 7 nitrogen and oxygen atoms in total. The summed E-state index contributed by atoms with van der Waals surface area (Å²) in [5, 5.41) is 7.29. The van der Waals surface area contributed by atoms with Crippen molar-refractivity contribution in [2.24, 2.45) is 5.10 Å². The zero-order chi connectivity index (χ0) is 24.9. The van der Waals surface area contributed by atoms with Crippen LogP contribution < -0.4 is 15.6 Å². The normalized spacial score (nSPS) is 11.2. The zero-order valence-corrected chi connectivity index (χ0v) is 21.6. The minimum Gasteiger partial charge on any atom is -0.483 e. The Balaban J connectivity index is 1.60. The van der Waals surface area contributed by atoms with Crippen LogP contribution >= 0.6 is 31.9 Å². The number of benzene rings is 3. The maximum atomic E-state index is 13.8. The second-order valence-electron chi connectivity index (χ2n) is 7.40. The Morgan fingerprint density at radius 3 is 2.66 bits per heavy atom. The Bertz CT molecular complexity index is 1500. The monoisotopic (exact) mass is 600 g/mol. The van der Waals surface area contributed by atoms with Gasteiger partial charge in [-0.3, -0.25) is 9.59 Å². The first-order valence-electron chi connectivity index (χ1n) is 10.6. The van der Waals surface area contributed by atoms with Gasteiger partial charge in [0.05, 0.1) is 22.8 Å². The van der Waals surface area contributed by atoms with Crippen molar-refractivity contribution in [1.82, 2.24) is 9.66 Å². The Hall–Kier alpha value is -3.37. The van der Waals surface area contributed by atoms with Gasteiger partial charge in [-0.2, -0.15) is 9.78 Å². The van der Waals surface area contributed by atoms with Gasteiger partial charge in [0, 0.05) is 20.9 Å². The van der Waals surface area contributed by atoms with E-state index in [-0.39, 0.29) is 17.9 Å². The molecule has 0 atom stereocenters. The standard InChI is InChI=1S/C25H19Br2FN4O3/c1-2-23-30-20-9-7-17(27)12-18(20)25(34)32(23)29-13-15-11-16(26)8-10-22(15)35-14-24(33)31-21-6-4-3-5-19(21)28/h3-13H,2,14H2,1H3,(H,31,33). The lowest BCUT2D eigenvalue weighted by atomic mass is 10.2. The van der Waals surface area contributed by atoms with E-state index < -0.39 is 11.7 Å². The van der Waals surface area contributed by atoms with Crippen LogP contribution in [-0.4, -0.2) is 28.4 Å². The molecule has 0 fully saturated rings. The lowest BCUT2D eigenvalue weighted by Crippen LogP contribution is -2.22. The van der Waals surface area contributed by atoms with E-state index in [1.165, 1.54) is 29.1 Å². The molecular formula is C25H19Br2FN4O3. The fraction of sp³-hybridized carbons (Fsp3) is 0.120. The number of halogens is 3. The molecule has 178 valence electrons. The summed E-state index contributed by atoms with van der Waals surface area (Å²) in [6, 6.07) is 16.4. The predicted molar refractivity (Wildman–Crippen MR) is 141 cm³/mol. The number of fused-ring (bicyclic) bond motifs is 1. The fourth-order valence-electron chi connectivity index (χ4n) is 3.31. The van der Waals surface area contributed by atoms with Crippen LogP contribution in [0.3, 0.4) is 0 Å². The molecule has 1 heterocycles. The van der Waals surface area contributed by atoms with Gasteiger partial charge in [-0.15, -0.1) is 0 Å². The topological polar surface area (TPSA) is 85.6 Å². The third-order valence-corrected chi connectivity index (χ3v) is 5.97. The van der Waals surface area contributed by atoms with E-state index in [1.807, 2.05) is 13.0 Å². The first-order valence-corrected chi connectivity index (χ1v) is 12.2. The van der Waals surface area contributed by atoms with Crippen LogP contribution in [0.5, 0.6) is 5.75 Å². The van der Waals surface area contributed by atoms with E-state index in [4.69, 9.17) is 4.74 Å². The van der Waals surface area contributed by atoms with Gasteiger partial charge in [0.15, 0.2) is 6.61 Å². The van der Waals surface area contributed by atoms with Gasteiger partial charge in [-0.05, 0) is 48.5 Å². The fourth-order valence-corrected chi connectivity index (χ4v) is 4.05. The highest BCUT2D eigenvalue weighted by atomic mass is 79.9. The number of hydrogen-bond acceptors (Lipinski definition) is 5. The number of carbonyl (C=O) groups excluding carboxylic acids is 1. The first kappa shape index (κ1) is 24.7. The SMILES string of the molecule is CCc1nc2ccc(Br)cc2c(=O)n1N=Cc1cc(Br)ccc1OCC(=O)Nc1ccccc1F. The van der Waals surface area contributed by atoms with Gasteiger partial charge >= 0.3 is 0 Å². The summed E-state index contributed by atoms with van der Waals surface area (Å²) in [6.07, 6.45) is 1.97. The second-order valence-corrected chi connectivity index (χ2v) is 9.23. The van der Waals surface area contributed by atoms with E-state index in [0.29, 0.717) is 34.5 Å². The van der Waals surface area contributed by atoms with Gasteiger partial charge in [0.2, 0.25) is 0 Å². The van der Waals surface area contributed by atoms with E-state index in [9.17, 15) is 14.0 Å². The molecule has 0 spiro atoms. The lowest BCUT2D eigenvalue weighted by molar-refractivity contribution is -0.118. The quantitative estimate of drug-likeness (QED) is 0.283. The first-order chi connectivity index (χ1) is 16.9. The molecule has 1 N–H and O–H groups in total. The van der Waals surface area contributed by atoms with Crippen molar-refractivity contribution >= 4 is 60.6 Å². The molecule has 3 aromatic carbocycles. The summed E-state index contributed by atoms with van der Waals surface area (Å²) in [7, 11) is 0. The van der Waals surface area contributed by atoms with Gasteiger partial charge in [-0.1, -0.05) is 50.9 Å². The van der Waals surface area contributed by atoms with Crippen molar-refractivity contribution in [1.29, 1.82) is 0 Å². The molecule has 4 aromatic rings. The van der Waals surface area contributed by atoms with Gasteiger partial charge in [0.1, 0.15) is 17.4 Å². The number of nitrogens with zero attached hydrogens (tertiary/aromatic N) is 3. The van der Waals surface area contributed by atoms with Crippen molar-refractivity contribution < 1.29 is 13.9 Å². The van der Waals surface area contributed by atoms with Gasteiger partial charge < -0.3 is 10.1 Å². The molecule has 0 aliphatic carbocycles. The number of para-hydroxylation sites is 1. The highest BCUT2D eigenvalue weighted by Gasteiger charge is 2.12. The Kier molecular flexibility index (Phi) is 7.72. The number of aryl methyl sites for hydroxylation is 1. The average Bonchev–Trinajstić information content (AvgIpc) is 2.84. The third-order valence-electron chi connectivity index (χ3n) is 4.98. The van der Waals surface area contributed by atoms with Gasteiger partial charge in [-0.25, -0.2) is 9.37 Å². The molecule has 0 bridgehead atoms. The molecule has 0 saturated heterocycles. The van der Waals surface area contributed by atoms with E-state index >= 15 is 0 Å². The van der Waals surface area contributed by atoms with Crippen LogP contribution in [0.4, 0.5) is 10.1 Å². The molecule has 0 unspecified atom stereocenters. The van der Waals surface area contributed by atoms with Crippen LogP contribution in [0.1, 0.15) is 18.3 Å². The summed E-state index contributed by atoms with van der Waals surface area (Å²) in [5.74, 6) is -0.189. The predicted octanol–water partition coefficient (Wildman–Crippen LogP) is 5.52. The summed E-state index contributed by atoms with van der Waals surface area (Å²) in [4.78, 5) is 29.9. The minimum absolute atomic E-state index is 0.0700. The number of nitrogens with one attached hydrogen (secondary N) is 1. The van der Waals surface area contributed by atoms with Gasteiger partial charge in [0.25, 0.3) is 11.5 Å². The highest BCUT2D eigenvalue weighted by molar-refractivity contribution is 9.10. The molecule has 35 heavy (non-hydrogen) atoms. The molecule has 0 saturated carbocycles. The molecule has 1 aromatic heterocycles. The molecule has 0 aliphatic heterocycles. The Morgan fingerprint density at radius 1 is 1.14 bits per heavy atom. The summed E-state index contributed by atoms with van der Waals surface area (Å²) in [5.41, 5.74) is 0.891. The summed E-state index contributed by atoms with van der Waals surface area (Å²) < 4.78 is 22.2. The second kappa shape index (κ2) is 10.9. The third kappa shape index (κ3) is 5.83. The molecule has 0 radical (unpaired) electrons. The maximum Gasteiger partial charge on any atom is 0.282 e. The molecule has 10 heteroatoms. The maximum absolute atomic E-state index is 13.8. The van der Waals surface area contributed by atoms with Crippen molar-refractivity contribution in [3.63, 3.8) is 0 Å². The summed E-state index contributed by atoms with van der Waals surface area (Å²) >= 11 is 6.80. The number of anilines is 1. The van der Waals surface area contributed by atoms with Crippen LogP contribution in [0, 0.1) is 5.82 Å². The number of rotatable bonds is 7. The molecule has 1 amide bonds. The lowest BCUT2D eigenvalue weighted by Gasteiger charge is -2.11. The van der Waals surface area contributed by atoms with E-state index in [2.05, 4.69) is 47.3 Å². The smallest absolute Gasteiger partial charge is 0.282 e. The molecular weight excluding hydrogens is 583 g/mol. The minimum atomic E-state index is -0.537. The number of carbonyl (C=O) groups is 1. The van der Waals surface area contributed by atoms with Crippen LogP contribution in [0.2, 0.25) is 0 Å². The number of aromatic nitrogens is 2. The Morgan fingerprint density at radius 2 is 1.89 bits per heavy atom. The van der Waals surface area contributed by atoms with E-state index in [0.717, 1.165) is 8.95 Å². The zero-order valence-electron chi connectivity index (χ0n) is 18.5. The Labute approximate surface area is 216 Å². The molecule has 0 aliphatic rings. The average molecular weight is 602 g/mol. The van der Waals surface area contributed by atoms with Crippen LogP contribution in [0.25, 0.3) is 10.9 Å². The van der Waals surface area contributed by atoms with E-state index in [1.54, 1.807) is 36.4 Å². The number of amides is 1.